The Labute approximate surface area is 182 Å². The van der Waals surface area contributed by atoms with Crippen LogP contribution in [0.4, 0.5) is 10.1 Å². The summed E-state index contributed by atoms with van der Waals surface area (Å²) in [6, 6.07) is 1.11. The van der Waals surface area contributed by atoms with Crippen LogP contribution in [0.25, 0.3) is 10.9 Å². The number of hydrogen-bond acceptors (Lipinski definition) is 6. The number of pyridine rings is 1. The van der Waals surface area contributed by atoms with Crippen molar-refractivity contribution < 1.29 is 14.1 Å². The second-order valence-corrected chi connectivity index (χ2v) is 8.06. The molecular weight excluding hydrogens is 438 g/mol. The molecule has 2 heterocycles. The van der Waals surface area contributed by atoms with Crippen molar-refractivity contribution in [1.29, 1.82) is 0 Å². The van der Waals surface area contributed by atoms with Crippen molar-refractivity contribution in [3.8, 4) is 0 Å². The van der Waals surface area contributed by atoms with Crippen LogP contribution >= 0.6 is 24.0 Å². The SMILES string of the molecule is Cl.NCC1CCN(c2c(F)cc3c(=O)c(C(=O)C[N+](=O)[O-])cn(C4CC4)c3c2Cl)C1. The molecule has 2 N–H and O–H groups in total. The van der Waals surface area contributed by atoms with E-state index >= 15 is 4.39 Å². The summed E-state index contributed by atoms with van der Waals surface area (Å²) >= 11 is 6.62. The fourth-order valence-electron chi connectivity index (χ4n) is 3.99. The lowest BCUT2D eigenvalue weighted by atomic mass is 10.1. The fraction of sp³-hybridized carbons (Fsp3) is 0.474. The molecule has 1 aromatic heterocycles. The number of benzene rings is 1. The topological polar surface area (TPSA) is 111 Å². The number of Topliss-reactive ketones (excluding diaryl/α,β-unsaturated/α-hetero) is 1. The van der Waals surface area contributed by atoms with Gasteiger partial charge in [0.05, 0.1) is 27.2 Å². The average molecular weight is 459 g/mol. The molecule has 1 aliphatic carbocycles. The Morgan fingerprint density at radius 3 is 2.63 bits per heavy atom. The summed E-state index contributed by atoms with van der Waals surface area (Å²) in [5.74, 6) is -1.31. The highest BCUT2D eigenvalue weighted by atomic mass is 35.5. The summed E-state index contributed by atoms with van der Waals surface area (Å²) in [4.78, 5) is 36.9. The first-order valence-corrected chi connectivity index (χ1v) is 9.86. The van der Waals surface area contributed by atoms with Gasteiger partial charge in [0.1, 0.15) is 5.82 Å². The molecule has 2 aliphatic rings. The van der Waals surface area contributed by atoms with Crippen LogP contribution in [0.15, 0.2) is 17.1 Å². The van der Waals surface area contributed by atoms with Gasteiger partial charge in [0.15, 0.2) is 0 Å². The molecule has 30 heavy (non-hydrogen) atoms. The number of carbonyl (C=O) groups is 1. The molecule has 162 valence electrons. The average Bonchev–Trinajstić information content (AvgIpc) is 3.40. The maximum absolute atomic E-state index is 15.0. The Balaban J connectivity index is 0.00000256. The van der Waals surface area contributed by atoms with E-state index in [1.807, 2.05) is 4.90 Å². The zero-order valence-electron chi connectivity index (χ0n) is 16.0. The number of carbonyl (C=O) groups excluding carboxylic acids is 1. The molecule has 4 rings (SSSR count). The van der Waals surface area contributed by atoms with E-state index in [1.165, 1.54) is 6.20 Å². The third kappa shape index (κ3) is 3.89. The number of nitro groups is 1. The van der Waals surface area contributed by atoms with Crippen molar-refractivity contribution in [3.05, 3.63) is 49.0 Å². The number of fused-ring (bicyclic) bond motifs is 1. The van der Waals surface area contributed by atoms with Crippen LogP contribution in [0, 0.1) is 21.8 Å². The monoisotopic (exact) mass is 458 g/mol. The summed E-state index contributed by atoms with van der Waals surface area (Å²) in [5, 5.41) is 10.8. The van der Waals surface area contributed by atoms with E-state index in [2.05, 4.69) is 0 Å². The van der Waals surface area contributed by atoms with Crippen LogP contribution in [0.5, 0.6) is 0 Å². The van der Waals surface area contributed by atoms with Gasteiger partial charge in [-0.05, 0) is 37.8 Å². The first kappa shape index (κ1) is 22.5. The van der Waals surface area contributed by atoms with E-state index in [4.69, 9.17) is 17.3 Å². The molecule has 2 aromatic rings. The van der Waals surface area contributed by atoms with Gasteiger partial charge in [0.25, 0.3) is 6.54 Å². The van der Waals surface area contributed by atoms with Gasteiger partial charge in [-0.25, -0.2) is 4.39 Å². The smallest absolute Gasteiger partial charge is 0.266 e. The van der Waals surface area contributed by atoms with Crippen LogP contribution in [0.1, 0.15) is 35.7 Å². The molecule has 0 bridgehead atoms. The fourth-order valence-corrected chi connectivity index (χ4v) is 4.40. The standard InChI is InChI=1S/C19H20ClFN4O4.ClH/c20-16-17-12(5-14(21)18(16)23-4-3-10(6-22)7-23)19(27)13(15(26)9-25(28)29)8-24(17)11-1-2-11;/h5,8,10-11H,1-4,6-7,9,22H2;1H. The Kier molecular flexibility index (Phi) is 6.35. The lowest BCUT2D eigenvalue weighted by Crippen LogP contribution is -2.26. The molecule has 0 spiro atoms. The normalized spacial score (nSPS) is 18.5. The Hall–Kier alpha value is -2.23. The zero-order valence-corrected chi connectivity index (χ0v) is 17.5. The van der Waals surface area contributed by atoms with Crippen LogP contribution in [0.2, 0.25) is 5.02 Å². The van der Waals surface area contributed by atoms with Crippen LogP contribution in [0.3, 0.4) is 0 Å². The number of nitrogens with zero attached hydrogens (tertiary/aromatic N) is 3. The maximum atomic E-state index is 15.0. The number of anilines is 1. The first-order chi connectivity index (χ1) is 13.8. The lowest BCUT2D eigenvalue weighted by molar-refractivity contribution is -0.465. The zero-order chi connectivity index (χ0) is 20.9. The summed E-state index contributed by atoms with van der Waals surface area (Å²) < 4.78 is 16.7. The number of aromatic nitrogens is 1. The largest absolute Gasteiger partial charge is 0.368 e. The van der Waals surface area contributed by atoms with Gasteiger partial charge in [0, 0.05) is 30.3 Å². The molecule has 1 unspecified atom stereocenters. The molecule has 11 heteroatoms. The first-order valence-electron chi connectivity index (χ1n) is 9.48. The van der Waals surface area contributed by atoms with Crippen LogP contribution < -0.4 is 16.1 Å². The number of ketones is 1. The molecular formula is C19H21Cl2FN4O4. The van der Waals surface area contributed by atoms with E-state index in [-0.39, 0.29) is 46.0 Å². The molecule has 1 saturated heterocycles. The van der Waals surface area contributed by atoms with Crippen molar-refractivity contribution in [1.82, 2.24) is 4.57 Å². The van der Waals surface area contributed by atoms with Crippen LogP contribution in [-0.4, -0.2) is 41.5 Å². The summed E-state index contributed by atoms with van der Waals surface area (Å²) in [6.07, 6.45) is 3.81. The highest BCUT2D eigenvalue weighted by molar-refractivity contribution is 6.38. The van der Waals surface area contributed by atoms with E-state index < -0.39 is 28.5 Å². The molecule has 1 aliphatic heterocycles. The minimum Gasteiger partial charge on any atom is -0.368 e. The van der Waals surface area contributed by atoms with Gasteiger partial charge in [-0.2, -0.15) is 0 Å². The summed E-state index contributed by atoms with van der Waals surface area (Å²) in [5.41, 5.74) is 5.28. The third-order valence-corrected chi connectivity index (χ3v) is 5.99. The quantitative estimate of drug-likeness (QED) is 0.404. The maximum Gasteiger partial charge on any atom is 0.266 e. The third-order valence-electron chi connectivity index (χ3n) is 5.63. The molecule has 2 fully saturated rings. The minimum absolute atomic E-state index is 0. The Morgan fingerprint density at radius 1 is 1.37 bits per heavy atom. The lowest BCUT2D eigenvalue weighted by Gasteiger charge is -2.23. The second-order valence-electron chi connectivity index (χ2n) is 7.68. The van der Waals surface area contributed by atoms with Gasteiger partial charge in [0.2, 0.25) is 11.2 Å². The molecule has 1 aromatic carbocycles. The van der Waals surface area contributed by atoms with Crippen molar-refractivity contribution in [3.63, 3.8) is 0 Å². The van der Waals surface area contributed by atoms with Gasteiger partial charge in [-0.1, -0.05) is 11.6 Å². The van der Waals surface area contributed by atoms with Crippen molar-refractivity contribution in [2.24, 2.45) is 11.7 Å². The predicted octanol–water partition coefficient (Wildman–Crippen LogP) is 2.80. The van der Waals surface area contributed by atoms with Crippen molar-refractivity contribution in [2.75, 3.05) is 31.1 Å². The Bertz CT molecular complexity index is 1090. The number of halogens is 3. The van der Waals surface area contributed by atoms with E-state index in [0.717, 1.165) is 25.3 Å². The number of hydrogen-bond donors (Lipinski definition) is 1. The predicted molar refractivity (Wildman–Crippen MR) is 114 cm³/mol. The van der Waals surface area contributed by atoms with Gasteiger partial charge in [-0.3, -0.25) is 19.7 Å². The summed E-state index contributed by atoms with van der Waals surface area (Å²) in [7, 11) is 0. The van der Waals surface area contributed by atoms with Crippen molar-refractivity contribution >= 4 is 46.4 Å². The van der Waals surface area contributed by atoms with Gasteiger partial charge < -0.3 is 15.2 Å². The minimum atomic E-state index is -0.992. The van der Waals surface area contributed by atoms with E-state index in [0.29, 0.717) is 25.2 Å². The molecule has 0 radical (unpaired) electrons. The molecule has 8 nitrogen and oxygen atoms in total. The second kappa shape index (κ2) is 8.49. The van der Waals surface area contributed by atoms with Gasteiger partial charge in [-0.15, -0.1) is 12.4 Å². The van der Waals surface area contributed by atoms with E-state index in [9.17, 15) is 19.7 Å². The number of nitrogens with two attached hydrogens (primary N) is 1. The Morgan fingerprint density at radius 2 is 2.07 bits per heavy atom. The van der Waals surface area contributed by atoms with Crippen LogP contribution in [-0.2, 0) is 0 Å². The van der Waals surface area contributed by atoms with Crippen molar-refractivity contribution in [2.45, 2.75) is 25.3 Å². The highest BCUT2D eigenvalue weighted by Crippen LogP contribution is 2.42. The number of rotatable bonds is 6. The van der Waals surface area contributed by atoms with Gasteiger partial charge >= 0.3 is 0 Å². The summed E-state index contributed by atoms with van der Waals surface area (Å²) in [6.45, 7) is 0.689. The molecule has 1 atom stereocenters. The highest BCUT2D eigenvalue weighted by Gasteiger charge is 2.32. The molecule has 1 saturated carbocycles. The molecule has 0 amide bonds. The van der Waals surface area contributed by atoms with E-state index in [1.54, 1.807) is 4.57 Å².